The van der Waals surface area contributed by atoms with E-state index >= 15 is 0 Å². The molecule has 1 aromatic carbocycles. The molecule has 0 bridgehead atoms. The van der Waals surface area contributed by atoms with E-state index in [1.165, 1.54) is 12.1 Å². The highest BCUT2D eigenvalue weighted by Crippen LogP contribution is 2.26. The molecular formula is C16H18FN3O2. The van der Waals surface area contributed by atoms with Crippen LogP contribution in [0.4, 0.5) is 4.39 Å². The number of hydrogen-bond donors (Lipinski definition) is 0. The molecule has 22 heavy (non-hydrogen) atoms. The van der Waals surface area contributed by atoms with Crippen molar-refractivity contribution in [1.29, 1.82) is 0 Å². The number of piperidine rings is 1. The van der Waals surface area contributed by atoms with Crippen LogP contribution in [0.2, 0.25) is 0 Å². The number of rotatable bonds is 3. The Morgan fingerprint density at radius 2 is 2.18 bits per heavy atom. The second kappa shape index (κ2) is 6.25. The van der Waals surface area contributed by atoms with Crippen molar-refractivity contribution in [2.75, 3.05) is 13.1 Å². The average molecular weight is 303 g/mol. The standard InChI is InChI=1S/C16H18FN3O2/c1-11-18-16(22-19-11)13-3-2-8-20(10-13)15(21)9-12-4-6-14(17)7-5-12/h4-7,13H,2-3,8-10H2,1H3/t13-/m0/s1. The molecule has 0 saturated carbocycles. The third kappa shape index (κ3) is 3.32. The summed E-state index contributed by atoms with van der Waals surface area (Å²) < 4.78 is 18.1. The fourth-order valence-corrected chi connectivity index (χ4v) is 2.77. The zero-order valence-corrected chi connectivity index (χ0v) is 12.5. The average Bonchev–Trinajstić information content (AvgIpc) is 2.96. The summed E-state index contributed by atoms with van der Waals surface area (Å²) in [5.41, 5.74) is 0.821. The van der Waals surface area contributed by atoms with E-state index in [-0.39, 0.29) is 24.1 Å². The van der Waals surface area contributed by atoms with E-state index in [9.17, 15) is 9.18 Å². The molecule has 1 aliphatic heterocycles. The Labute approximate surface area is 128 Å². The van der Waals surface area contributed by atoms with Gasteiger partial charge in [-0.15, -0.1) is 0 Å². The van der Waals surface area contributed by atoms with E-state index in [4.69, 9.17) is 4.52 Å². The molecule has 0 N–H and O–H groups in total. The minimum atomic E-state index is -0.291. The number of likely N-dealkylation sites (tertiary alicyclic amines) is 1. The quantitative estimate of drug-likeness (QED) is 0.874. The minimum absolute atomic E-state index is 0.0487. The lowest BCUT2D eigenvalue weighted by Gasteiger charge is -2.31. The predicted molar refractivity (Wildman–Crippen MR) is 77.7 cm³/mol. The number of hydrogen-bond acceptors (Lipinski definition) is 4. The van der Waals surface area contributed by atoms with Gasteiger partial charge in [-0.3, -0.25) is 4.79 Å². The van der Waals surface area contributed by atoms with Crippen molar-refractivity contribution in [1.82, 2.24) is 15.0 Å². The Bertz CT molecular complexity index is 654. The largest absolute Gasteiger partial charge is 0.342 e. The second-order valence-corrected chi connectivity index (χ2v) is 5.66. The fraction of sp³-hybridized carbons (Fsp3) is 0.438. The monoisotopic (exact) mass is 303 g/mol. The molecule has 3 rings (SSSR count). The molecule has 0 spiro atoms. The van der Waals surface area contributed by atoms with Gasteiger partial charge in [0.05, 0.1) is 12.3 Å². The summed E-state index contributed by atoms with van der Waals surface area (Å²) in [5.74, 6) is 1.09. The number of carbonyl (C=O) groups is 1. The minimum Gasteiger partial charge on any atom is -0.342 e. The molecule has 1 aliphatic rings. The van der Waals surface area contributed by atoms with Gasteiger partial charge in [0.15, 0.2) is 5.82 Å². The first-order chi connectivity index (χ1) is 10.6. The molecule has 2 aromatic rings. The van der Waals surface area contributed by atoms with Gasteiger partial charge < -0.3 is 9.42 Å². The Kier molecular flexibility index (Phi) is 4.18. The van der Waals surface area contributed by atoms with E-state index in [0.717, 1.165) is 24.9 Å². The first kappa shape index (κ1) is 14.7. The van der Waals surface area contributed by atoms with Gasteiger partial charge in [-0.2, -0.15) is 4.98 Å². The maximum absolute atomic E-state index is 12.9. The molecule has 116 valence electrons. The highest BCUT2D eigenvalue weighted by molar-refractivity contribution is 5.78. The van der Waals surface area contributed by atoms with Crippen molar-refractivity contribution < 1.29 is 13.7 Å². The normalized spacial score (nSPS) is 18.5. The molecule has 2 heterocycles. The Morgan fingerprint density at radius 3 is 2.86 bits per heavy atom. The van der Waals surface area contributed by atoms with Gasteiger partial charge in [0.25, 0.3) is 0 Å². The summed E-state index contributed by atoms with van der Waals surface area (Å²) in [4.78, 5) is 18.5. The van der Waals surface area contributed by atoms with E-state index in [0.29, 0.717) is 18.3 Å². The van der Waals surface area contributed by atoms with Crippen molar-refractivity contribution in [2.24, 2.45) is 0 Å². The SMILES string of the molecule is Cc1noc([C@H]2CCCN(C(=O)Cc3ccc(F)cc3)C2)n1. The number of aromatic nitrogens is 2. The van der Waals surface area contributed by atoms with Gasteiger partial charge in [-0.05, 0) is 37.5 Å². The third-order valence-electron chi connectivity index (χ3n) is 3.94. The molecular weight excluding hydrogens is 285 g/mol. The Balaban J connectivity index is 1.63. The maximum Gasteiger partial charge on any atom is 0.231 e. The second-order valence-electron chi connectivity index (χ2n) is 5.66. The van der Waals surface area contributed by atoms with Gasteiger partial charge >= 0.3 is 0 Å². The van der Waals surface area contributed by atoms with Crippen LogP contribution in [0.3, 0.4) is 0 Å². The smallest absolute Gasteiger partial charge is 0.231 e. The van der Waals surface area contributed by atoms with E-state index < -0.39 is 0 Å². The molecule has 1 saturated heterocycles. The van der Waals surface area contributed by atoms with Crippen molar-refractivity contribution in [2.45, 2.75) is 32.1 Å². The van der Waals surface area contributed by atoms with Crippen molar-refractivity contribution in [3.63, 3.8) is 0 Å². The molecule has 5 nitrogen and oxygen atoms in total. The topological polar surface area (TPSA) is 59.2 Å². The number of benzene rings is 1. The van der Waals surface area contributed by atoms with Crippen LogP contribution in [0.5, 0.6) is 0 Å². The number of carbonyl (C=O) groups excluding carboxylic acids is 1. The van der Waals surface area contributed by atoms with Gasteiger partial charge in [-0.25, -0.2) is 4.39 Å². The highest BCUT2D eigenvalue weighted by Gasteiger charge is 2.28. The molecule has 1 atom stereocenters. The lowest BCUT2D eigenvalue weighted by Crippen LogP contribution is -2.40. The summed E-state index contributed by atoms with van der Waals surface area (Å²) in [6, 6.07) is 6.05. The number of aryl methyl sites for hydroxylation is 1. The van der Waals surface area contributed by atoms with Crippen molar-refractivity contribution in [3.05, 3.63) is 47.4 Å². The first-order valence-corrected chi connectivity index (χ1v) is 7.44. The van der Waals surface area contributed by atoms with Gasteiger partial charge in [0.2, 0.25) is 11.8 Å². The van der Waals surface area contributed by atoms with E-state index in [1.54, 1.807) is 19.1 Å². The van der Waals surface area contributed by atoms with Gasteiger partial charge in [-0.1, -0.05) is 17.3 Å². The number of halogens is 1. The van der Waals surface area contributed by atoms with Gasteiger partial charge in [0.1, 0.15) is 5.82 Å². The lowest BCUT2D eigenvalue weighted by atomic mass is 9.97. The molecule has 0 unspecified atom stereocenters. The number of amides is 1. The zero-order chi connectivity index (χ0) is 15.5. The molecule has 1 aromatic heterocycles. The zero-order valence-electron chi connectivity index (χ0n) is 12.5. The molecule has 1 amide bonds. The summed E-state index contributed by atoms with van der Waals surface area (Å²) >= 11 is 0. The van der Waals surface area contributed by atoms with Crippen molar-refractivity contribution >= 4 is 5.91 Å². The molecule has 0 aliphatic carbocycles. The molecule has 1 fully saturated rings. The molecule has 6 heteroatoms. The number of nitrogens with zero attached hydrogens (tertiary/aromatic N) is 3. The highest BCUT2D eigenvalue weighted by atomic mass is 19.1. The van der Waals surface area contributed by atoms with Gasteiger partial charge in [0, 0.05) is 13.1 Å². The lowest BCUT2D eigenvalue weighted by molar-refractivity contribution is -0.131. The van der Waals surface area contributed by atoms with Crippen LogP contribution in [0.25, 0.3) is 0 Å². The maximum atomic E-state index is 12.9. The van der Waals surface area contributed by atoms with Crippen LogP contribution in [-0.2, 0) is 11.2 Å². The third-order valence-corrected chi connectivity index (χ3v) is 3.94. The van der Waals surface area contributed by atoms with Crippen LogP contribution < -0.4 is 0 Å². The Hall–Kier alpha value is -2.24. The van der Waals surface area contributed by atoms with Crippen LogP contribution in [-0.4, -0.2) is 34.0 Å². The van der Waals surface area contributed by atoms with Crippen LogP contribution >= 0.6 is 0 Å². The first-order valence-electron chi connectivity index (χ1n) is 7.44. The Morgan fingerprint density at radius 1 is 1.41 bits per heavy atom. The van der Waals surface area contributed by atoms with Crippen LogP contribution in [0.1, 0.15) is 36.0 Å². The summed E-state index contributed by atoms with van der Waals surface area (Å²) in [6.45, 7) is 3.12. The van der Waals surface area contributed by atoms with E-state index in [2.05, 4.69) is 10.1 Å². The van der Waals surface area contributed by atoms with Crippen molar-refractivity contribution in [3.8, 4) is 0 Å². The summed E-state index contributed by atoms with van der Waals surface area (Å²) in [5, 5.41) is 3.81. The predicted octanol–water partition coefficient (Wildman–Crippen LogP) is 2.47. The molecule has 0 radical (unpaired) electrons. The van der Waals surface area contributed by atoms with Crippen LogP contribution in [0.15, 0.2) is 28.8 Å². The van der Waals surface area contributed by atoms with E-state index in [1.807, 2.05) is 4.90 Å². The summed E-state index contributed by atoms with van der Waals surface area (Å²) in [7, 11) is 0. The fourth-order valence-electron chi connectivity index (χ4n) is 2.77. The summed E-state index contributed by atoms with van der Waals surface area (Å²) in [6.07, 6.45) is 2.15. The van der Waals surface area contributed by atoms with Crippen LogP contribution in [0, 0.1) is 12.7 Å².